The summed E-state index contributed by atoms with van der Waals surface area (Å²) < 4.78 is 5.74. The maximum atomic E-state index is 12.5. The van der Waals surface area contributed by atoms with Crippen molar-refractivity contribution < 1.29 is 14.6 Å². The summed E-state index contributed by atoms with van der Waals surface area (Å²) >= 11 is 0. The van der Waals surface area contributed by atoms with Crippen molar-refractivity contribution >= 4 is 11.6 Å². The van der Waals surface area contributed by atoms with E-state index in [4.69, 9.17) is 10.5 Å². The average Bonchev–Trinajstić information content (AvgIpc) is 3.91. The van der Waals surface area contributed by atoms with Crippen molar-refractivity contribution in [2.75, 3.05) is 19.7 Å². The summed E-state index contributed by atoms with van der Waals surface area (Å²) in [5, 5.41) is 14.9. The number of aryl methyl sites for hydroxylation is 1. The van der Waals surface area contributed by atoms with Gasteiger partial charge in [0.2, 0.25) is 0 Å². The van der Waals surface area contributed by atoms with Crippen LogP contribution in [0.15, 0.2) is 119 Å². The van der Waals surface area contributed by atoms with Crippen LogP contribution in [0.25, 0.3) is 5.70 Å². The van der Waals surface area contributed by atoms with Gasteiger partial charge in [-0.25, -0.2) is 0 Å². The standard InChI is InChI=1S/C39H44N4O3/c1-28-13-14-30(25-35(34(23-28)38(40)44)42-26-31-7-3-2-4-8-31)10-5-9-29-11-6-12-32(24-29)37(36-27-46-36)43-21-17-39(45,18-22-43)33-15-19-41-20-16-33/h2-4,6-8,11-12,15-16,19-20,23-25,42,45H,5,9-10,13-14,17-18,21-22,26-27H2,1H3,(H2,40,44)/b28-23+,30-25-,35-34-,37-36-. The van der Waals surface area contributed by atoms with Crippen LogP contribution in [0.4, 0.5) is 0 Å². The lowest BCUT2D eigenvalue weighted by molar-refractivity contribution is -0.114. The van der Waals surface area contributed by atoms with Gasteiger partial charge in [0.25, 0.3) is 5.91 Å². The van der Waals surface area contributed by atoms with Crippen LogP contribution in [0.1, 0.15) is 67.7 Å². The maximum Gasteiger partial charge on any atom is 0.250 e. The second-order valence-corrected chi connectivity index (χ2v) is 12.7. The first-order valence-corrected chi connectivity index (χ1v) is 16.4. The molecule has 238 valence electrons. The van der Waals surface area contributed by atoms with Gasteiger partial charge in [-0.3, -0.25) is 9.78 Å². The fraction of sp³-hybridized carbons (Fsp3) is 0.333. The Morgan fingerprint density at radius 3 is 2.43 bits per heavy atom. The minimum atomic E-state index is -0.828. The molecule has 1 aromatic heterocycles. The van der Waals surface area contributed by atoms with Gasteiger partial charge < -0.3 is 25.8 Å². The Morgan fingerprint density at radius 2 is 1.72 bits per heavy atom. The molecular weight excluding hydrogens is 572 g/mol. The average molecular weight is 617 g/mol. The second kappa shape index (κ2) is 14.2. The van der Waals surface area contributed by atoms with E-state index in [0.717, 1.165) is 79.0 Å². The smallest absolute Gasteiger partial charge is 0.250 e. The molecule has 1 aliphatic carbocycles. The van der Waals surface area contributed by atoms with Gasteiger partial charge in [-0.15, -0.1) is 0 Å². The Hall–Kier alpha value is -4.62. The Labute approximate surface area is 272 Å². The number of epoxide rings is 1. The van der Waals surface area contributed by atoms with Gasteiger partial charge in [0, 0.05) is 43.3 Å². The number of allylic oxidation sites excluding steroid dienone is 3. The Bertz CT molecular complexity index is 1660. The highest BCUT2D eigenvalue weighted by Crippen LogP contribution is 2.38. The van der Waals surface area contributed by atoms with Crippen LogP contribution in [-0.2, 0) is 28.1 Å². The normalized spacial score (nSPS) is 22.7. The van der Waals surface area contributed by atoms with E-state index in [2.05, 4.69) is 64.6 Å². The van der Waals surface area contributed by atoms with Gasteiger partial charge in [-0.1, -0.05) is 59.7 Å². The minimum absolute atomic E-state index is 0.412. The first-order valence-electron chi connectivity index (χ1n) is 16.4. The zero-order valence-corrected chi connectivity index (χ0v) is 26.7. The second-order valence-electron chi connectivity index (χ2n) is 12.7. The van der Waals surface area contributed by atoms with Gasteiger partial charge in [0.05, 0.1) is 16.9 Å². The first kappa shape index (κ1) is 31.4. The Balaban J connectivity index is 1.12. The molecule has 7 heteroatoms. The van der Waals surface area contributed by atoms with Gasteiger partial charge in [-0.05, 0) is 98.9 Å². The van der Waals surface area contributed by atoms with E-state index in [9.17, 15) is 9.90 Å². The number of piperidine rings is 1. The van der Waals surface area contributed by atoms with Crippen LogP contribution < -0.4 is 11.1 Å². The van der Waals surface area contributed by atoms with Crippen LogP contribution in [0.2, 0.25) is 0 Å². The van der Waals surface area contributed by atoms with Crippen LogP contribution >= 0.6 is 0 Å². The number of amides is 1. The molecule has 3 aromatic rings. The summed E-state index contributed by atoms with van der Waals surface area (Å²) in [6.45, 7) is 4.87. The fourth-order valence-corrected chi connectivity index (χ4v) is 6.59. The first-order chi connectivity index (χ1) is 22.4. The highest BCUT2D eigenvalue weighted by Gasteiger charge is 2.37. The van der Waals surface area contributed by atoms with Crippen LogP contribution in [0.3, 0.4) is 0 Å². The number of hydrogen-bond donors (Lipinski definition) is 3. The van der Waals surface area contributed by atoms with E-state index in [-0.39, 0.29) is 0 Å². The van der Waals surface area contributed by atoms with Gasteiger partial charge >= 0.3 is 0 Å². The van der Waals surface area contributed by atoms with E-state index in [1.807, 2.05) is 36.4 Å². The number of hydrogen-bond acceptors (Lipinski definition) is 6. The quantitative estimate of drug-likeness (QED) is 0.219. The van der Waals surface area contributed by atoms with E-state index in [1.165, 1.54) is 16.7 Å². The number of primary amides is 1. The largest absolute Gasteiger partial charge is 0.484 e. The fourth-order valence-electron chi connectivity index (χ4n) is 6.59. The summed E-state index contributed by atoms with van der Waals surface area (Å²) in [6.07, 6.45) is 13.7. The summed E-state index contributed by atoms with van der Waals surface area (Å²) in [4.78, 5) is 18.9. The molecule has 0 bridgehead atoms. The molecule has 1 amide bonds. The molecule has 2 aromatic carbocycles. The summed E-state index contributed by atoms with van der Waals surface area (Å²) in [7, 11) is 0. The number of nitrogens with one attached hydrogen (secondary N) is 1. The number of aliphatic hydroxyl groups is 1. The number of likely N-dealkylation sites (tertiary alicyclic amines) is 1. The number of nitrogens with two attached hydrogens (primary N) is 1. The van der Waals surface area contributed by atoms with Gasteiger partial charge in [0.15, 0.2) is 5.76 Å². The number of ether oxygens (including phenoxy) is 1. The minimum Gasteiger partial charge on any atom is -0.484 e. The van der Waals surface area contributed by atoms with E-state index in [1.54, 1.807) is 12.4 Å². The number of benzene rings is 2. The topological polar surface area (TPSA) is 104 Å². The molecule has 0 spiro atoms. The Morgan fingerprint density at radius 1 is 0.978 bits per heavy atom. The predicted octanol–water partition coefficient (Wildman–Crippen LogP) is 6.28. The molecule has 0 radical (unpaired) electrons. The molecule has 0 saturated carbocycles. The number of rotatable bonds is 11. The lowest BCUT2D eigenvalue weighted by Gasteiger charge is -2.40. The monoisotopic (exact) mass is 616 g/mol. The molecule has 4 N–H and O–H groups in total. The van der Waals surface area contributed by atoms with Crippen LogP contribution in [-0.4, -0.2) is 40.6 Å². The lowest BCUT2D eigenvalue weighted by atomic mass is 9.84. The molecule has 2 saturated heterocycles. The Kier molecular flexibility index (Phi) is 9.69. The summed E-state index contributed by atoms with van der Waals surface area (Å²) in [5.41, 5.74) is 14.5. The third-order valence-corrected chi connectivity index (χ3v) is 9.30. The van der Waals surface area contributed by atoms with Gasteiger partial charge in [-0.2, -0.15) is 0 Å². The summed E-state index contributed by atoms with van der Waals surface area (Å²) in [6, 6.07) is 22.8. The SMILES string of the molecule is C\C1=C/C(C(N)=O)=C(NCc2ccccc2)\C=C(\CCCc2cccc(/C(=C3\CO3)N3CCC(O)(c4ccncc4)CC3)c2)CC1. The molecule has 0 atom stereocenters. The molecule has 6 rings (SSSR count). The van der Waals surface area contributed by atoms with Crippen molar-refractivity contribution in [1.29, 1.82) is 0 Å². The molecule has 3 heterocycles. The van der Waals surface area contributed by atoms with E-state index >= 15 is 0 Å². The molecular formula is C39H44N4O3. The summed E-state index contributed by atoms with van der Waals surface area (Å²) in [5.74, 6) is 0.617. The lowest BCUT2D eigenvalue weighted by Crippen LogP contribution is -2.41. The molecule has 2 aliphatic heterocycles. The molecule has 46 heavy (non-hydrogen) atoms. The van der Waals surface area contributed by atoms with Crippen molar-refractivity contribution in [2.24, 2.45) is 5.73 Å². The highest BCUT2D eigenvalue weighted by atomic mass is 16.6. The van der Waals surface area contributed by atoms with Crippen molar-refractivity contribution in [2.45, 2.75) is 64.0 Å². The number of pyridine rings is 1. The number of nitrogens with zero attached hydrogens (tertiary/aromatic N) is 2. The highest BCUT2D eigenvalue weighted by molar-refractivity contribution is 5.96. The zero-order chi connectivity index (χ0) is 31.9. The molecule has 7 nitrogen and oxygen atoms in total. The molecule has 2 fully saturated rings. The maximum absolute atomic E-state index is 12.5. The van der Waals surface area contributed by atoms with Crippen molar-refractivity contribution in [3.63, 3.8) is 0 Å². The molecule has 3 aliphatic rings. The van der Waals surface area contributed by atoms with E-state index in [0.29, 0.717) is 31.6 Å². The van der Waals surface area contributed by atoms with Crippen molar-refractivity contribution in [3.8, 4) is 0 Å². The zero-order valence-electron chi connectivity index (χ0n) is 26.7. The number of carbonyl (C=O) groups excluding carboxylic acids is 1. The van der Waals surface area contributed by atoms with Crippen LogP contribution in [0, 0.1) is 0 Å². The van der Waals surface area contributed by atoms with Crippen molar-refractivity contribution in [1.82, 2.24) is 15.2 Å². The third kappa shape index (κ3) is 7.77. The number of aromatic nitrogens is 1. The predicted molar refractivity (Wildman–Crippen MR) is 182 cm³/mol. The van der Waals surface area contributed by atoms with Crippen molar-refractivity contribution in [3.05, 3.63) is 142 Å². The molecule has 0 unspecified atom stereocenters. The third-order valence-electron chi connectivity index (χ3n) is 9.30. The van der Waals surface area contributed by atoms with Crippen LogP contribution in [0.5, 0.6) is 0 Å². The van der Waals surface area contributed by atoms with E-state index < -0.39 is 11.5 Å². The van der Waals surface area contributed by atoms with Gasteiger partial charge in [0.1, 0.15) is 6.61 Å². The number of carbonyl (C=O) groups is 1.